The second kappa shape index (κ2) is 6.00. The van der Waals surface area contributed by atoms with Gasteiger partial charge in [0, 0.05) is 5.69 Å². The number of nitrogens with two attached hydrogens (primary N) is 2. The van der Waals surface area contributed by atoms with Crippen molar-refractivity contribution in [1.82, 2.24) is 0 Å². The van der Waals surface area contributed by atoms with Gasteiger partial charge in [-0.2, -0.15) is 0 Å². The van der Waals surface area contributed by atoms with Crippen LogP contribution in [0.15, 0.2) is 24.3 Å². The fourth-order valence-electron chi connectivity index (χ4n) is 0.868. The largest absolute Gasteiger partial charge is 0.444 e. The van der Waals surface area contributed by atoms with Crippen molar-refractivity contribution in [2.24, 2.45) is 5.73 Å². The topological polar surface area (TPSA) is 78.3 Å². The molecule has 16 heavy (non-hydrogen) atoms. The van der Waals surface area contributed by atoms with Gasteiger partial charge in [0.2, 0.25) is 0 Å². The first kappa shape index (κ1) is 14.3. The van der Waals surface area contributed by atoms with E-state index in [1.807, 2.05) is 31.2 Å². The third-order valence-electron chi connectivity index (χ3n) is 1.48. The highest BCUT2D eigenvalue weighted by Crippen LogP contribution is 2.04. The van der Waals surface area contributed by atoms with Crippen LogP contribution in [0.5, 0.6) is 0 Å². The van der Waals surface area contributed by atoms with Crippen molar-refractivity contribution in [1.29, 1.82) is 0 Å². The standard InChI is InChI=1S/C7H9N.C5H11NO2/c1-6-2-4-7(8)5-3-6;1-5(2,3)8-4(6)7/h2-5H,8H2,1H3;1-3H3,(H2,6,7). The first-order valence-electron chi connectivity index (χ1n) is 5.01. The number of primary amides is 1. The van der Waals surface area contributed by atoms with E-state index in [2.05, 4.69) is 4.74 Å². The third-order valence-corrected chi connectivity index (χ3v) is 1.48. The van der Waals surface area contributed by atoms with Crippen molar-refractivity contribution in [3.63, 3.8) is 0 Å². The summed E-state index contributed by atoms with van der Waals surface area (Å²) >= 11 is 0. The first-order chi connectivity index (χ1) is 7.20. The van der Waals surface area contributed by atoms with Crippen LogP contribution in [-0.2, 0) is 4.74 Å². The quantitative estimate of drug-likeness (QED) is 0.664. The summed E-state index contributed by atoms with van der Waals surface area (Å²) in [5.74, 6) is 0. The number of ether oxygens (including phenoxy) is 1. The molecule has 0 bridgehead atoms. The zero-order valence-corrected chi connectivity index (χ0v) is 10.3. The van der Waals surface area contributed by atoms with Gasteiger partial charge in [-0.15, -0.1) is 0 Å². The summed E-state index contributed by atoms with van der Waals surface area (Å²) in [4.78, 5) is 10.0. The number of carbonyl (C=O) groups is 1. The zero-order chi connectivity index (χ0) is 12.8. The fourth-order valence-corrected chi connectivity index (χ4v) is 0.868. The molecule has 4 N–H and O–H groups in total. The first-order valence-corrected chi connectivity index (χ1v) is 5.01. The average Bonchev–Trinajstić information content (AvgIpc) is 2.07. The van der Waals surface area contributed by atoms with Gasteiger partial charge in [0.1, 0.15) is 5.60 Å². The fraction of sp³-hybridized carbons (Fsp3) is 0.417. The van der Waals surface area contributed by atoms with E-state index in [1.165, 1.54) is 5.56 Å². The highest BCUT2D eigenvalue weighted by atomic mass is 16.6. The lowest BCUT2D eigenvalue weighted by atomic mass is 10.2. The third kappa shape index (κ3) is 8.87. The smallest absolute Gasteiger partial charge is 0.405 e. The van der Waals surface area contributed by atoms with Crippen LogP contribution in [0.3, 0.4) is 0 Å². The summed E-state index contributed by atoms with van der Waals surface area (Å²) in [6.07, 6.45) is -0.725. The number of anilines is 1. The monoisotopic (exact) mass is 224 g/mol. The molecule has 0 saturated heterocycles. The van der Waals surface area contributed by atoms with Gasteiger partial charge in [0.25, 0.3) is 0 Å². The van der Waals surface area contributed by atoms with Crippen molar-refractivity contribution in [2.45, 2.75) is 33.3 Å². The Morgan fingerprint density at radius 3 is 1.81 bits per heavy atom. The van der Waals surface area contributed by atoms with Gasteiger partial charge < -0.3 is 16.2 Å². The molecular weight excluding hydrogens is 204 g/mol. The minimum Gasteiger partial charge on any atom is -0.444 e. The maximum absolute atomic E-state index is 10.0. The SMILES string of the molecule is CC(C)(C)OC(N)=O.Cc1ccc(N)cc1. The van der Waals surface area contributed by atoms with Crippen LogP contribution in [0.25, 0.3) is 0 Å². The molecule has 0 aliphatic carbocycles. The van der Waals surface area contributed by atoms with Crippen molar-refractivity contribution < 1.29 is 9.53 Å². The number of nitrogen functional groups attached to an aromatic ring is 1. The zero-order valence-electron chi connectivity index (χ0n) is 10.3. The number of hydrogen-bond acceptors (Lipinski definition) is 3. The van der Waals surface area contributed by atoms with E-state index in [4.69, 9.17) is 11.5 Å². The van der Waals surface area contributed by atoms with Gasteiger partial charge in [-0.25, -0.2) is 4.79 Å². The molecule has 0 aromatic heterocycles. The van der Waals surface area contributed by atoms with E-state index in [-0.39, 0.29) is 0 Å². The van der Waals surface area contributed by atoms with E-state index < -0.39 is 11.7 Å². The molecule has 0 radical (unpaired) electrons. The van der Waals surface area contributed by atoms with Gasteiger partial charge in [-0.1, -0.05) is 17.7 Å². The number of hydrogen-bond donors (Lipinski definition) is 2. The number of rotatable bonds is 0. The number of amides is 1. The van der Waals surface area contributed by atoms with E-state index in [0.717, 1.165) is 5.69 Å². The number of carbonyl (C=O) groups excluding carboxylic acids is 1. The molecule has 0 saturated carbocycles. The van der Waals surface area contributed by atoms with Crippen molar-refractivity contribution >= 4 is 11.8 Å². The van der Waals surface area contributed by atoms with E-state index in [1.54, 1.807) is 20.8 Å². The predicted octanol–water partition coefficient (Wildman–Crippen LogP) is 2.46. The van der Waals surface area contributed by atoms with Crippen molar-refractivity contribution in [2.75, 3.05) is 5.73 Å². The van der Waals surface area contributed by atoms with Gasteiger partial charge in [-0.3, -0.25) is 0 Å². The van der Waals surface area contributed by atoms with Crippen LogP contribution in [0.2, 0.25) is 0 Å². The van der Waals surface area contributed by atoms with Gasteiger partial charge in [0.15, 0.2) is 0 Å². The summed E-state index contributed by atoms with van der Waals surface area (Å²) in [6, 6.07) is 7.79. The molecule has 1 aromatic carbocycles. The molecule has 0 aliphatic heterocycles. The Hall–Kier alpha value is -1.71. The molecule has 1 rings (SSSR count). The molecule has 4 heteroatoms. The van der Waals surface area contributed by atoms with Gasteiger partial charge in [-0.05, 0) is 39.8 Å². The Kier molecular flexibility index (Phi) is 5.36. The predicted molar refractivity (Wildman–Crippen MR) is 66.0 cm³/mol. The van der Waals surface area contributed by atoms with Crippen LogP contribution in [0.1, 0.15) is 26.3 Å². The Labute approximate surface area is 96.6 Å². The van der Waals surface area contributed by atoms with Crippen molar-refractivity contribution in [3.8, 4) is 0 Å². The molecule has 0 heterocycles. The molecule has 0 aliphatic rings. The normalized spacial score (nSPS) is 10.0. The second-order valence-electron chi connectivity index (χ2n) is 4.44. The van der Waals surface area contributed by atoms with Crippen molar-refractivity contribution in [3.05, 3.63) is 29.8 Å². The lowest BCUT2D eigenvalue weighted by Crippen LogP contribution is -2.27. The molecule has 0 atom stereocenters. The molecule has 0 fully saturated rings. The second-order valence-corrected chi connectivity index (χ2v) is 4.44. The minimum atomic E-state index is -0.725. The highest BCUT2D eigenvalue weighted by Gasteiger charge is 2.12. The number of benzene rings is 1. The maximum Gasteiger partial charge on any atom is 0.405 e. The summed E-state index contributed by atoms with van der Waals surface area (Å²) in [7, 11) is 0. The highest BCUT2D eigenvalue weighted by molar-refractivity contribution is 5.65. The van der Waals surface area contributed by atoms with E-state index in [0.29, 0.717) is 0 Å². The van der Waals surface area contributed by atoms with Crippen LogP contribution in [0, 0.1) is 6.92 Å². The van der Waals surface area contributed by atoms with E-state index >= 15 is 0 Å². The van der Waals surface area contributed by atoms with Crippen LogP contribution < -0.4 is 11.5 Å². The van der Waals surface area contributed by atoms with Gasteiger partial charge in [0.05, 0.1) is 0 Å². The Morgan fingerprint density at radius 1 is 1.19 bits per heavy atom. The molecule has 90 valence electrons. The summed E-state index contributed by atoms with van der Waals surface area (Å²) < 4.78 is 4.58. The number of aryl methyl sites for hydroxylation is 1. The molecular formula is C12H20N2O2. The molecule has 1 amide bonds. The molecule has 0 spiro atoms. The minimum absolute atomic E-state index is 0.453. The summed E-state index contributed by atoms with van der Waals surface area (Å²) in [5, 5.41) is 0. The van der Waals surface area contributed by atoms with Crippen LogP contribution in [0.4, 0.5) is 10.5 Å². The molecule has 0 unspecified atom stereocenters. The summed E-state index contributed by atoms with van der Waals surface area (Å²) in [5.41, 5.74) is 11.8. The van der Waals surface area contributed by atoms with Crippen LogP contribution >= 0.6 is 0 Å². The Morgan fingerprint density at radius 2 is 1.62 bits per heavy atom. The maximum atomic E-state index is 10.0. The van der Waals surface area contributed by atoms with E-state index in [9.17, 15) is 4.79 Å². The molecule has 1 aromatic rings. The molecule has 4 nitrogen and oxygen atoms in total. The lowest BCUT2D eigenvalue weighted by Gasteiger charge is -2.16. The lowest BCUT2D eigenvalue weighted by molar-refractivity contribution is 0.0600. The summed E-state index contributed by atoms with van der Waals surface area (Å²) in [6.45, 7) is 7.33. The van der Waals surface area contributed by atoms with Gasteiger partial charge >= 0.3 is 6.09 Å². The Balaban J connectivity index is 0.000000281. The average molecular weight is 224 g/mol. The Bertz CT molecular complexity index is 305. The van der Waals surface area contributed by atoms with Crippen LogP contribution in [-0.4, -0.2) is 11.7 Å².